The largest absolute Gasteiger partial charge is 0.506 e. The minimum absolute atomic E-state index is 0.154. The van der Waals surface area contributed by atoms with Crippen LogP contribution in [0.2, 0.25) is 10.0 Å². The van der Waals surface area contributed by atoms with E-state index >= 15 is 0 Å². The second-order valence-corrected chi connectivity index (χ2v) is 8.76. The van der Waals surface area contributed by atoms with E-state index in [0.717, 1.165) is 31.5 Å². The number of likely N-dealkylation sites (tertiary alicyclic amines) is 1. The summed E-state index contributed by atoms with van der Waals surface area (Å²) in [7, 11) is 0. The number of hydrazone groups is 1. The number of thiophene rings is 1. The smallest absolute Gasteiger partial charge is 0.189 e. The number of halogens is 2. The summed E-state index contributed by atoms with van der Waals surface area (Å²) in [6.45, 7) is 3.64. The second kappa shape index (κ2) is 9.41. The summed E-state index contributed by atoms with van der Waals surface area (Å²) in [6.07, 6.45) is 1.83. The van der Waals surface area contributed by atoms with Gasteiger partial charge in [-0.05, 0) is 55.6 Å². The van der Waals surface area contributed by atoms with Crippen LogP contribution in [0.4, 0.5) is 0 Å². The first-order valence-electron chi connectivity index (χ1n) is 8.87. The van der Waals surface area contributed by atoms with Crippen LogP contribution >= 0.6 is 46.8 Å². The molecule has 2 aromatic rings. The van der Waals surface area contributed by atoms with Crippen LogP contribution in [0, 0.1) is 5.92 Å². The number of hydrogen-bond acceptors (Lipinski definition) is 5. The van der Waals surface area contributed by atoms with Crippen LogP contribution in [0.15, 0.2) is 28.7 Å². The quantitative estimate of drug-likeness (QED) is 0.351. The maximum atomic E-state index is 10.6. The van der Waals surface area contributed by atoms with Crippen molar-refractivity contribution in [2.75, 3.05) is 19.7 Å². The molecule has 5 nitrogen and oxygen atoms in total. The zero-order chi connectivity index (χ0) is 20.3. The van der Waals surface area contributed by atoms with E-state index in [1.807, 2.05) is 23.3 Å². The Balaban J connectivity index is 1.69. The van der Waals surface area contributed by atoms with E-state index in [4.69, 9.17) is 35.4 Å². The number of aromatic hydroxyl groups is 1. The first-order chi connectivity index (χ1) is 13.4. The van der Waals surface area contributed by atoms with Crippen molar-refractivity contribution in [3.8, 4) is 16.2 Å². The summed E-state index contributed by atoms with van der Waals surface area (Å²) >= 11 is 18.9. The summed E-state index contributed by atoms with van der Waals surface area (Å²) in [4.78, 5) is 2.75. The Morgan fingerprint density at radius 2 is 2.04 bits per heavy atom. The van der Waals surface area contributed by atoms with Gasteiger partial charge in [0, 0.05) is 25.1 Å². The highest BCUT2D eigenvalue weighted by Gasteiger charge is 2.20. The van der Waals surface area contributed by atoms with Gasteiger partial charge in [0.1, 0.15) is 5.75 Å². The zero-order valence-electron chi connectivity index (χ0n) is 15.3. The van der Waals surface area contributed by atoms with Gasteiger partial charge in [0.15, 0.2) is 5.11 Å². The molecular formula is C19H21Cl2N3O2S2. The highest BCUT2D eigenvalue weighted by Crippen LogP contribution is 2.40. The molecule has 1 aliphatic rings. The van der Waals surface area contributed by atoms with Crippen molar-refractivity contribution >= 4 is 57.6 Å². The number of nitrogens with zero attached hydrogens (tertiary/aromatic N) is 2. The van der Waals surface area contributed by atoms with Gasteiger partial charge in [0.25, 0.3) is 0 Å². The molecule has 0 amide bonds. The van der Waals surface area contributed by atoms with E-state index in [1.165, 1.54) is 11.3 Å². The molecule has 9 heteroatoms. The van der Waals surface area contributed by atoms with Gasteiger partial charge >= 0.3 is 0 Å². The lowest BCUT2D eigenvalue weighted by Crippen LogP contribution is -2.43. The molecule has 3 N–H and O–H groups in total. The maximum Gasteiger partial charge on any atom is 0.189 e. The van der Waals surface area contributed by atoms with Crippen molar-refractivity contribution in [3.05, 3.63) is 39.2 Å². The van der Waals surface area contributed by atoms with Gasteiger partial charge in [-0.3, -0.25) is 5.43 Å². The summed E-state index contributed by atoms with van der Waals surface area (Å²) in [5.41, 5.74) is 4.98. The SMILES string of the molecule is C/C(=N/NC(=S)N1CCC(CO)CC1)c1csc(-c2ccc(Cl)c(Cl)c2)c1O. The molecule has 0 spiro atoms. The van der Waals surface area contributed by atoms with Crippen LogP contribution in [0.3, 0.4) is 0 Å². The minimum atomic E-state index is 0.154. The first kappa shape index (κ1) is 21.3. The van der Waals surface area contributed by atoms with Gasteiger partial charge < -0.3 is 15.1 Å². The molecule has 150 valence electrons. The molecule has 2 heterocycles. The van der Waals surface area contributed by atoms with Crippen LogP contribution in [0.25, 0.3) is 10.4 Å². The molecule has 1 fully saturated rings. The molecular weight excluding hydrogens is 437 g/mol. The van der Waals surface area contributed by atoms with Gasteiger partial charge in [-0.15, -0.1) is 11.3 Å². The Kier molecular flexibility index (Phi) is 7.17. The fourth-order valence-corrected chi connectivity index (χ4v) is 4.56. The van der Waals surface area contributed by atoms with Crippen LogP contribution in [-0.4, -0.2) is 45.6 Å². The number of aliphatic hydroxyl groups excluding tert-OH is 1. The lowest BCUT2D eigenvalue weighted by atomic mass is 9.98. The monoisotopic (exact) mass is 457 g/mol. The molecule has 0 radical (unpaired) electrons. The number of thiocarbonyl (C=S) groups is 1. The summed E-state index contributed by atoms with van der Waals surface area (Å²) in [6, 6.07) is 5.26. The van der Waals surface area contributed by atoms with E-state index in [1.54, 1.807) is 12.1 Å². The number of aliphatic hydroxyl groups is 1. The summed E-state index contributed by atoms with van der Waals surface area (Å²) in [5.74, 6) is 0.507. The van der Waals surface area contributed by atoms with Crippen LogP contribution in [0.1, 0.15) is 25.3 Å². The average molecular weight is 458 g/mol. The first-order valence-corrected chi connectivity index (χ1v) is 10.9. The van der Waals surface area contributed by atoms with Crippen molar-refractivity contribution in [1.82, 2.24) is 10.3 Å². The summed E-state index contributed by atoms with van der Waals surface area (Å²) in [5, 5.41) is 27.5. The van der Waals surface area contributed by atoms with Gasteiger partial charge in [0.2, 0.25) is 0 Å². The molecule has 1 aliphatic heterocycles. The topological polar surface area (TPSA) is 68.1 Å². The van der Waals surface area contributed by atoms with Gasteiger partial charge in [-0.1, -0.05) is 29.3 Å². The molecule has 0 aliphatic carbocycles. The molecule has 0 saturated carbocycles. The highest BCUT2D eigenvalue weighted by molar-refractivity contribution is 7.80. The number of benzene rings is 1. The fourth-order valence-electron chi connectivity index (χ4n) is 3.03. The third-order valence-electron chi connectivity index (χ3n) is 4.82. The van der Waals surface area contributed by atoms with Crippen LogP contribution in [0.5, 0.6) is 5.75 Å². The maximum absolute atomic E-state index is 10.6. The molecule has 1 saturated heterocycles. The van der Waals surface area contributed by atoms with Crippen molar-refractivity contribution in [1.29, 1.82) is 0 Å². The molecule has 28 heavy (non-hydrogen) atoms. The normalized spacial score (nSPS) is 15.7. The van der Waals surface area contributed by atoms with Gasteiger partial charge in [-0.2, -0.15) is 5.10 Å². The minimum Gasteiger partial charge on any atom is -0.506 e. The predicted octanol–water partition coefficient (Wildman–Crippen LogP) is 4.73. The fraction of sp³-hybridized carbons (Fsp3) is 0.368. The highest BCUT2D eigenvalue weighted by atomic mass is 35.5. The van der Waals surface area contributed by atoms with E-state index in [2.05, 4.69) is 10.5 Å². The number of nitrogens with one attached hydrogen (secondary N) is 1. The lowest BCUT2D eigenvalue weighted by Gasteiger charge is -2.32. The average Bonchev–Trinajstić information content (AvgIpc) is 3.09. The number of hydrogen-bond donors (Lipinski definition) is 3. The van der Waals surface area contributed by atoms with Crippen molar-refractivity contribution in [2.24, 2.45) is 11.0 Å². The Hall–Kier alpha value is -1.38. The third-order valence-corrected chi connectivity index (χ3v) is 6.92. The zero-order valence-corrected chi connectivity index (χ0v) is 18.4. The third kappa shape index (κ3) is 4.78. The second-order valence-electron chi connectivity index (χ2n) is 6.68. The Morgan fingerprint density at radius 1 is 1.32 bits per heavy atom. The molecule has 0 unspecified atom stereocenters. The molecule has 3 rings (SSSR count). The molecule has 0 atom stereocenters. The number of piperidine rings is 1. The van der Waals surface area contributed by atoms with Crippen LogP contribution < -0.4 is 5.43 Å². The standard InChI is InChI=1S/C19H21Cl2N3O2S2/c1-11(22-23-19(27)24-6-4-12(9-25)5-7-24)14-10-28-18(17(14)26)13-2-3-15(20)16(21)8-13/h2-3,8,10,12,25-26H,4-7,9H2,1H3,(H,23,27)/b22-11-. The molecule has 0 bridgehead atoms. The summed E-state index contributed by atoms with van der Waals surface area (Å²) < 4.78 is 0. The van der Waals surface area contributed by atoms with E-state index in [9.17, 15) is 10.2 Å². The Bertz CT molecular complexity index is 893. The van der Waals surface area contributed by atoms with E-state index < -0.39 is 0 Å². The number of rotatable bonds is 4. The van der Waals surface area contributed by atoms with E-state index in [-0.39, 0.29) is 12.4 Å². The van der Waals surface area contributed by atoms with Crippen molar-refractivity contribution in [2.45, 2.75) is 19.8 Å². The lowest BCUT2D eigenvalue weighted by molar-refractivity contribution is 0.166. The molecule has 1 aromatic carbocycles. The molecule has 1 aromatic heterocycles. The van der Waals surface area contributed by atoms with Crippen molar-refractivity contribution in [3.63, 3.8) is 0 Å². The van der Waals surface area contributed by atoms with Crippen molar-refractivity contribution < 1.29 is 10.2 Å². The van der Waals surface area contributed by atoms with Gasteiger partial charge in [0.05, 0.1) is 26.2 Å². The van der Waals surface area contributed by atoms with E-state index in [0.29, 0.717) is 37.2 Å². The van der Waals surface area contributed by atoms with Crippen LogP contribution in [-0.2, 0) is 0 Å². The Labute approximate surface area is 183 Å². The predicted molar refractivity (Wildman–Crippen MR) is 121 cm³/mol. The van der Waals surface area contributed by atoms with Gasteiger partial charge in [-0.25, -0.2) is 0 Å². The Morgan fingerprint density at radius 3 is 2.68 bits per heavy atom.